The zero-order valence-corrected chi connectivity index (χ0v) is 28.3. The zero-order chi connectivity index (χ0) is 35.1. The van der Waals surface area contributed by atoms with E-state index < -0.39 is 0 Å². The molecule has 8 rings (SSSR count). The Morgan fingerprint density at radius 2 is 0.692 bits per heavy atom. The Hall–Kier alpha value is -7.22. The topological polar surface area (TPSA) is 62.5 Å². The number of nitrogens with zero attached hydrogens (tertiary/aromatic N) is 4. The first-order valence-corrected chi connectivity index (χ1v) is 17.2. The third-order valence-corrected chi connectivity index (χ3v) is 8.94. The van der Waals surface area contributed by atoms with Crippen LogP contribution in [0.4, 0.5) is 0 Å². The molecule has 7 aromatic carbocycles. The second-order valence-electron chi connectivity index (χ2n) is 12.4. The van der Waals surface area contributed by atoms with Crippen molar-refractivity contribution in [3.63, 3.8) is 0 Å². The molecule has 52 heavy (non-hydrogen) atoms. The molecule has 0 unspecified atom stereocenters. The van der Waals surface area contributed by atoms with Crippen molar-refractivity contribution < 1.29 is 0 Å². The van der Waals surface area contributed by atoms with Crippen molar-refractivity contribution in [2.45, 2.75) is 0 Å². The van der Waals surface area contributed by atoms with Gasteiger partial charge in [-0.25, -0.2) is 15.0 Å². The molecule has 0 radical (unpaired) electrons. The summed E-state index contributed by atoms with van der Waals surface area (Å²) in [5.74, 6) is 1.65. The van der Waals surface area contributed by atoms with Crippen molar-refractivity contribution in [2.24, 2.45) is 0 Å². The third-order valence-electron chi connectivity index (χ3n) is 8.94. The van der Waals surface area contributed by atoms with Crippen LogP contribution in [-0.4, -0.2) is 15.0 Å². The summed E-state index contributed by atoms with van der Waals surface area (Å²) in [4.78, 5) is 14.7. The summed E-state index contributed by atoms with van der Waals surface area (Å²) in [5.41, 5.74) is 11.6. The third kappa shape index (κ3) is 6.80. The Labute approximate surface area is 303 Å². The maximum Gasteiger partial charge on any atom is 0.164 e. The van der Waals surface area contributed by atoms with E-state index in [0.717, 1.165) is 61.2 Å². The van der Waals surface area contributed by atoms with E-state index in [1.54, 1.807) is 0 Å². The van der Waals surface area contributed by atoms with E-state index in [1.165, 1.54) is 0 Å². The lowest BCUT2D eigenvalue weighted by atomic mass is 9.85. The maximum atomic E-state index is 10.3. The van der Waals surface area contributed by atoms with Gasteiger partial charge < -0.3 is 0 Å². The minimum atomic E-state index is 0.502. The van der Waals surface area contributed by atoms with Gasteiger partial charge in [-0.1, -0.05) is 170 Å². The Morgan fingerprint density at radius 1 is 0.327 bits per heavy atom. The number of nitriles is 1. The summed E-state index contributed by atoms with van der Waals surface area (Å²) in [6, 6.07) is 68.2. The smallest absolute Gasteiger partial charge is 0.164 e. The van der Waals surface area contributed by atoms with E-state index >= 15 is 0 Å². The summed E-state index contributed by atoms with van der Waals surface area (Å²) in [6.07, 6.45) is 0. The summed E-state index contributed by atoms with van der Waals surface area (Å²) in [5, 5.41) is 10.3. The highest BCUT2D eigenvalue weighted by atomic mass is 15.0. The fourth-order valence-corrected chi connectivity index (χ4v) is 6.50. The number of rotatable bonds is 8. The fourth-order valence-electron chi connectivity index (χ4n) is 6.50. The molecule has 0 bridgehead atoms. The van der Waals surface area contributed by atoms with E-state index in [9.17, 15) is 5.26 Å². The largest absolute Gasteiger partial charge is 0.208 e. The Morgan fingerprint density at radius 3 is 1.15 bits per heavy atom. The molecule has 0 fully saturated rings. The molecule has 4 heteroatoms. The number of aromatic nitrogens is 3. The van der Waals surface area contributed by atoms with Gasteiger partial charge in [0.15, 0.2) is 17.5 Å². The van der Waals surface area contributed by atoms with Gasteiger partial charge in [-0.05, 0) is 68.8 Å². The van der Waals surface area contributed by atoms with Gasteiger partial charge in [0.05, 0.1) is 11.6 Å². The summed E-state index contributed by atoms with van der Waals surface area (Å²) >= 11 is 0. The minimum absolute atomic E-state index is 0.502. The predicted molar refractivity (Wildman–Crippen MR) is 211 cm³/mol. The maximum absolute atomic E-state index is 10.3. The van der Waals surface area contributed by atoms with Crippen molar-refractivity contribution in [3.8, 4) is 51.4 Å². The van der Waals surface area contributed by atoms with Crippen molar-refractivity contribution in [1.82, 2.24) is 15.0 Å². The SMILES string of the molecule is N#Cc1cc(-c2cccc(C(=C(c3ccccc3)c3ccccc3)c3ccccc3)c2)cc(-c2nc(-c3ccccc3)nc(-c3ccccc3)n2)c1. The summed E-state index contributed by atoms with van der Waals surface area (Å²) in [6.45, 7) is 0. The van der Waals surface area contributed by atoms with E-state index in [0.29, 0.717) is 23.0 Å². The van der Waals surface area contributed by atoms with Crippen LogP contribution in [0.3, 0.4) is 0 Å². The second kappa shape index (κ2) is 14.7. The average Bonchev–Trinajstić information content (AvgIpc) is 3.24. The minimum Gasteiger partial charge on any atom is -0.208 e. The fraction of sp³-hybridized carbons (Fsp3) is 0. The lowest BCUT2D eigenvalue weighted by Crippen LogP contribution is -2.00. The highest BCUT2D eigenvalue weighted by Gasteiger charge is 2.18. The Bertz CT molecular complexity index is 2440. The van der Waals surface area contributed by atoms with E-state index in [2.05, 4.69) is 109 Å². The quantitative estimate of drug-likeness (QED) is 0.152. The lowest BCUT2D eigenvalue weighted by molar-refractivity contribution is 1.07. The highest BCUT2D eigenvalue weighted by Crippen LogP contribution is 2.38. The van der Waals surface area contributed by atoms with Crippen molar-refractivity contribution >= 4 is 11.1 Å². The van der Waals surface area contributed by atoms with Gasteiger partial charge in [-0.15, -0.1) is 0 Å². The zero-order valence-electron chi connectivity index (χ0n) is 28.3. The molecule has 1 aromatic heterocycles. The molecule has 0 saturated carbocycles. The molecule has 1 heterocycles. The monoisotopic (exact) mass is 664 g/mol. The second-order valence-corrected chi connectivity index (χ2v) is 12.4. The number of benzene rings is 7. The first-order valence-electron chi connectivity index (χ1n) is 17.2. The van der Waals surface area contributed by atoms with Crippen LogP contribution in [-0.2, 0) is 0 Å². The van der Waals surface area contributed by atoms with Gasteiger partial charge in [0, 0.05) is 16.7 Å². The molecule has 0 saturated heterocycles. The van der Waals surface area contributed by atoms with Crippen molar-refractivity contribution in [1.29, 1.82) is 5.26 Å². The van der Waals surface area contributed by atoms with Crippen molar-refractivity contribution in [2.75, 3.05) is 0 Å². The van der Waals surface area contributed by atoms with Crippen LogP contribution in [0.25, 0.3) is 56.4 Å². The summed E-state index contributed by atoms with van der Waals surface area (Å²) in [7, 11) is 0. The molecule has 0 spiro atoms. The molecule has 0 aliphatic rings. The number of hydrogen-bond acceptors (Lipinski definition) is 4. The lowest BCUT2D eigenvalue weighted by Gasteiger charge is -2.19. The van der Waals surface area contributed by atoms with Crippen LogP contribution in [0.5, 0.6) is 0 Å². The predicted octanol–water partition coefficient (Wildman–Crippen LogP) is 11.4. The van der Waals surface area contributed by atoms with Gasteiger partial charge in [-0.3, -0.25) is 0 Å². The molecular weight excluding hydrogens is 633 g/mol. The normalized spacial score (nSPS) is 10.7. The standard InChI is InChI=1S/C48H32N4/c49-33-34-29-42(32-43(30-34)48-51-46(38-23-12-4-13-24-38)50-47(52-48)39-25-14-5-15-26-39)40-27-16-28-41(31-40)45(37-21-10-3-11-22-37)44(35-17-6-1-7-18-35)36-19-8-2-9-20-36/h1-32H. The molecule has 0 aliphatic carbocycles. The van der Waals surface area contributed by atoms with Gasteiger partial charge in [-0.2, -0.15) is 5.26 Å². The van der Waals surface area contributed by atoms with Crippen LogP contribution in [0.15, 0.2) is 194 Å². The Balaban J connectivity index is 1.31. The molecule has 0 amide bonds. The van der Waals surface area contributed by atoms with Crippen LogP contribution >= 0.6 is 0 Å². The van der Waals surface area contributed by atoms with Gasteiger partial charge >= 0.3 is 0 Å². The molecule has 4 nitrogen and oxygen atoms in total. The molecule has 0 aliphatic heterocycles. The molecule has 0 N–H and O–H groups in total. The first-order chi connectivity index (χ1) is 25.7. The van der Waals surface area contributed by atoms with Gasteiger partial charge in [0.25, 0.3) is 0 Å². The van der Waals surface area contributed by atoms with Gasteiger partial charge in [0.2, 0.25) is 0 Å². The number of hydrogen-bond donors (Lipinski definition) is 0. The molecule has 244 valence electrons. The molecule has 0 atom stereocenters. The highest BCUT2D eigenvalue weighted by molar-refractivity contribution is 6.05. The average molecular weight is 665 g/mol. The van der Waals surface area contributed by atoms with Crippen molar-refractivity contribution in [3.05, 3.63) is 222 Å². The van der Waals surface area contributed by atoms with E-state index in [-0.39, 0.29) is 0 Å². The van der Waals surface area contributed by atoms with Gasteiger partial charge in [0.1, 0.15) is 0 Å². The Kier molecular flexibility index (Phi) is 9.06. The van der Waals surface area contributed by atoms with Crippen LogP contribution in [0, 0.1) is 11.3 Å². The van der Waals surface area contributed by atoms with E-state index in [1.807, 2.05) is 91.0 Å². The van der Waals surface area contributed by atoms with Crippen LogP contribution in [0.1, 0.15) is 27.8 Å². The van der Waals surface area contributed by atoms with Crippen LogP contribution in [0.2, 0.25) is 0 Å². The molecular formula is C48H32N4. The molecule has 8 aromatic rings. The van der Waals surface area contributed by atoms with E-state index in [4.69, 9.17) is 15.0 Å². The first kappa shape index (κ1) is 32.0. The van der Waals surface area contributed by atoms with Crippen LogP contribution < -0.4 is 0 Å². The summed E-state index contributed by atoms with van der Waals surface area (Å²) < 4.78 is 0.